The minimum atomic E-state index is -0.256. The van der Waals surface area contributed by atoms with Gasteiger partial charge in [-0.3, -0.25) is 0 Å². The zero-order valence-electron chi connectivity index (χ0n) is 7.59. The number of nitrogens with two attached hydrogens (primary N) is 1. The average Bonchev–Trinajstić information content (AvgIpc) is 2.30. The van der Waals surface area contributed by atoms with Crippen LogP contribution in [0.15, 0.2) is 11.3 Å². The van der Waals surface area contributed by atoms with E-state index in [2.05, 4.69) is 6.92 Å². The highest BCUT2D eigenvalue weighted by Gasteiger charge is 2.28. The van der Waals surface area contributed by atoms with Crippen LogP contribution >= 0.6 is 0 Å². The maximum Gasteiger partial charge on any atom is 0.336 e. The van der Waals surface area contributed by atoms with Gasteiger partial charge in [0.2, 0.25) is 0 Å². The Bertz CT molecular complexity index is 221. The van der Waals surface area contributed by atoms with E-state index in [0.717, 1.165) is 19.3 Å². The van der Waals surface area contributed by atoms with E-state index < -0.39 is 0 Å². The van der Waals surface area contributed by atoms with Gasteiger partial charge in [-0.05, 0) is 19.8 Å². The summed E-state index contributed by atoms with van der Waals surface area (Å²) in [5.74, 6) is -0.256. The molecule has 1 atom stereocenters. The van der Waals surface area contributed by atoms with Crippen LogP contribution < -0.4 is 5.73 Å². The molecule has 1 heterocycles. The maximum atomic E-state index is 11.0. The Balaban J connectivity index is 2.55. The van der Waals surface area contributed by atoms with E-state index in [1.807, 2.05) is 0 Å². The van der Waals surface area contributed by atoms with Gasteiger partial charge in [-0.2, -0.15) is 0 Å². The fourth-order valence-electron chi connectivity index (χ4n) is 1.24. The molecule has 0 unspecified atom stereocenters. The van der Waals surface area contributed by atoms with Crippen LogP contribution in [0.1, 0.15) is 33.1 Å². The van der Waals surface area contributed by atoms with Gasteiger partial charge in [0, 0.05) is 0 Å². The van der Waals surface area contributed by atoms with E-state index in [1.54, 1.807) is 6.92 Å². The summed E-state index contributed by atoms with van der Waals surface area (Å²) in [5, 5.41) is 0. The van der Waals surface area contributed by atoms with Crippen LogP contribution in [-0.2, 0) is 9.53 Å². The smallest absolute Gasteiger partial charge is 0.336 e. The molecule has 68 valence electrons. The number of esters is 1. The van der Waals surface area contributed by atoms with Gasteiger partial charge < -0.3 is 10.5 Å². The van der Waals surface area contributed by atoms with Gasteiger partial charge in [-0.15, -0.1) is 0 Å². The van der Waals surface area contributed by atoms with Gasteiger partial charge in [0.05, 0.1) is 11.3 Å². The van der Waals surface area contributed by atoms with Crippen molar-refractivity contribution in [2.24, 2.45) is 5.73 Å². The number of ether oxygens (including phenoxy) is 1. The Morgan fingerprint density at radius 2 is 2.25 bits per heavy atom. The first-order valence-corrected chi connectivity index (χ1v) is 4.34. The summed E-state index contributed by atoms with van der Waals surface area (Å²) in [6.07, 6.45) is 2.84. The summed E-state index contributed by atoms with van der Waals surface area (Å²) in [6.45, 7) is 3.81. The van der Waals surface area contributed by atoms with Crippen molar-refractivity contribution >= 4 is 5.97 Å². The summed E-state index contributed by atoms with van der Waals surface area (Å²) < 4.78 is 5.05. The Hall–Kier alpha value is -0.990. The van der Waals surface area contributed by atoms with Gasteiger partial charge in [-0.1, -0.05) is 13.3 Å². The van der Waals surface area contributed by atoms with E-state index in [4.69, 9.17) is 10.5 Å². The Morgan fingerprint density at radius 3 is 2.67 bits per heavy atom. The molecule has 0 saturated carbocycles. The molecule has 2 N–H and O–H groups in total. The molecule has 0 radical (unpaired) electrons. The molecule has 1 aliphatic heterocycles. The van der Waals surface area contributed by atoms with Crippen molar-refractivity contribution < 1.29 is 9.53 Å². The molecule has 0 fully saturated rings. The molecule has 0 amide bonds. The number of hydrogen-bond acceptors (Lipinski definition) is 3. The SMILES string of the molecule is CCCC[C@H]1OC(=O)C(C)=C1N. The molecule has 1 aliphatic rings. The van der Waals surface area contributed by atoms with Crippen molar-refractivity contribution in [1.82, 2.24) is 0 Å². The van der Waals surface area contributed by atoms with Gasteiger partial charge >= 0.3 is 5.97 Å². The first-order valence-electron chi connectivity index (χ1n) is 4.34. The second kappa shape index (κ2) is 3.61. The van der Waals surface area contributed by atoms with Crippen molar-refractivity contribution in [2.75, 3.05) is 0 Å². The third-order valence-electron chi connectivity index (χ3n) is 2.16. The minimum Gasteiger partial charge on any atom is -0.453 e. The van der Waals surface area contributed by atoms with Crippen molar-refractivity contribution in [3.8, 4) is 0 Å². The summed E-state index contributed by atoms with van der Waals surface area (Å²) in [5.41, 5.74) is 6.89. The number of carbonyl (C=O) groups excluding carboxylic acids is 1. The zero-order chi connectivity index (χ0) is 9.14. The third-order valence-corrected chi connectivity index (χ3v) is 2.16. The molecule has 1 rings (SSSR count). The van der Waals surface area contributed by atoms with Crippen LogP contribution in [0.2, 0.25) is 0 Å². The lowest BCUT2D eigenvalue weighted by Gasteiger charge is -2.09. The van der Waals surface area contributed by atoms with Crippen molar-refractivity contribution in [3.63, 3.8) is 0 Å². The standard InChI is InChI=1S/C9H15NO2/c1-3-4-5-7-8(10)6(2)9(11)12-7/h7H,3-5,10H2,1-2H3/t7-/m1/s1. The van der Waals surface area contributed by atoms with Crippen molar-refractivity contribution in [2.45, 2.75) is 39.2 Å². The molecule has 3 heteroatoms. The summed E-state index contributed by atoms with van der Waals surface area (Å²) >= 11 is 0. The highest BCUT2D eigenvalue weighted by molar-refractivity contribution is 5.91. The summed E-state index contributed by atoms with van der Waals surface area (Å²) in [4.78, 5) is 11.0. The number of unbranched alkanes of at least 4 members (excludes halogenated alkanes) is 1. The topological polar surface area (TPSA) is 52.3 Å². The lowest BCUT2D eigenvalue weighted by molar-refractivity contribution is -0.139. The van der Waals surface area contributed by atoms with Crippen LogP contribution in [0.3, 0.4) is 0 Å². The van der Waals surface area contributed by atoms with E-state index in [1.165, 1.54) is 0 Å². The maximum absolute atomic E-state index is 11.0. The quantitative estimate of drug-likeness (QED) is 0.648. The predicted octanol–water partition coefficient (Wildman–Crippen LogP) is 1.33. The summed E-state index contributed by atoms with van der Waals surface area (Å²) in [7, 11) is 0. The monoisotopic (exact) mass is 169 g/mol. The first kappa shape index (κ1) is 9.10. The molecular weight excluding hydrogens is 154 g/mol. The zero-order valence-corrected chi connectivity index (χ0v) is 7.59. The molecule has 0 aliphatic carbocycles. The molecule has 12 heavy (non-hydrogen) atoms. The van der Waals surface area contributed by atoms with E-state index in [9.17, 15) is 4.79 Å². The second-order valence-corrected chi connectivity index (χ2v) is 3.12. The minimum absolute atomic E-state index is 0.155. The van der Waals surface area contributed by atoms with Crippen LogP contribution in [-0.4, -0.2) is 12.1 Å². The Morgan fingerprint density at radius 1 is 1.58 bits per heavy atom. The Labute approximate surface area is 72.6 Å². The number of carbonyl (C=O) groups is 1. The molecule has 0 aromatic rings. The lowest BCUT2D eigenvalue weighted by atomic mass is 10.1. The second-order valence-electron chi connectivity index (χ2n) is 3.12. The molecular formula is C9H15NO2. The molecule has 0 bridgehead atoms. The molecule has 3 nitrogen and oxygen atoms in total. The number of rotatable bonds is 3. The molecule has 0 spiro atoms. The first-order chi connectivity index (χ1) is 5.66. The van der Waals surface area contributed by atoms with Gasteiger partial charge in [0.25, 0.3) is 0 Å². The van der Waals surface area contributed by atoms with E-state index in [0.29, 0.717) is 11.3 Å². The highest BCUT2D eigenvalue weighted by Crippen LogP contribution is 2.21. The van der Waals surface area contributed by atoms with Crippen LogP contribution in [0, 0.1) is 0 Å². The normalized spacial score (nSPS) is 23.2. The van der Waals surface area contributed by atoms with Crippen LogP contribution in [0.25, 0.3) is 0 Å². The molecule has 0 aromatic carbocycles. The summed E-state index contributed by atoms with van der Waals surface area (Å²) in [6, 6.07) is 0. The van der Waals surface area contributed by atoms with Gasteiger partial charge in [-0.25, -0.2) is 4.79 Å². The lowest BCUT2D eigenvalue weighted by Crippen LogP contribution is -2.16. The number of hydrogen-bond donors (Lipinski definition) is 1. The van der Waals surface area contributed by atoms with E-state index >= 15 is 0 Å². The third kappa shape index (κ3) is 1.60. The van der Waals surface area contributed by atoms with Crippen molar-refractivity contribution in [1.29, 1.82) is 0 Å². The largest absolute Gasteiger partial charge is 0.453 e. The average molecular weight is 169 g/mol. The highest BCUT2D eigenvalue weighted by atomic mass is 16.5. The fraction of sp³-hybridized carbons (Fsp3) is 0.667. The van der Waals surface area contributed by atoms with Gasteiger partial charge in [0.1, 0.15) is 6.10 Å². The van der Waals surface area contributed by atoms with Gasteiger partial charge in [0.15, 0.2) is 0 Å². The fourth-order valence-corrected chi connectivity index (χ4v) is 1.24. The van der Waals surface area contributed by atoms with Crippen LogP contribution in [0.4, 0.5) is 0 Å². The van der Waals surface area contributed by atoms with E-state index in [-0.39, 0.29) is 12.1 Å². The Kier molecular flexibility index (Phi) is 2.74. The molecule has 0 saturated heterocycles. The predicted molar refractivity (Wildman–Crippen MR) is 46.3 cm³/mol. The van der Waals surface area contributed by atoms with Crippen molar-refractivity contribution in [3.05, 3.63) is 11.3 Å². The number of cyclic esters (lactones) is 1. The molecule has 0 aromatic heterocycles. The van der Waals surface area contributed by atoms with Crippen LogP contribution in [0.5, 0.6) is 0 Å².